The van der Waals surface area contributed by atoms with E-state index >= 15 is 0 Å². The zero-order valence-electron chi connectivity index (χ0n) is 18.9. The maximum absolute atomic E-state index is 12.5. The second-order valence-corrected chi connectivity index (χ2v) is 7.65. The van der Waals surface area contributed by atoms with Crippen LogP contribution in [0.3, 0.4) is 0 Å². The van der Waals surface area contributed by atoms with E-state index in [0.29, 0.717) is 37.3 Å². The second-order valence-electron chi connectivity index (χ2n) is 7.65. The Morgan fingerprint density at radius 3 is 1.69 bits per heavy atom. The average Bonchev–Trinajstić information content (AvgIpc) is 3.32. The predicted octanol–water partition coefficient (Wildman–Crippen LogP) is 0.965. The molecule has 182 valence electrons. The molecule has 3 aromatic rings. The van der Waals surface area contributed by atoms with Crippen molar-refractivity contribution in [1.82, 2.24) is 20.8 Å². The number of nitrogens with two attached hydrogens (primary N) is 2. The number of anilines is 2. The number of carbonyl (C=O) groups is 2. The van der Waals surface area contributed by atoms with Crippen molar-refractivity contribution < 1.29 is 9.59 Å². The summed E-state index contributed by atoms with van der Waals surface area (Å²) in [7, 11) is 0. The first kappa shape index (κ1) is 24.8. The molecule has 0 aliphatic carbocycles. The van der Waals surface area contributed by atoms with Gasteiger partial charge in [0.2, 0.25) is 0 Å². The Hall–Kier alpha value is -4.87. The van der Waals surface area contributed by atoms with Gasteiger partial charge in [-0.2, -0.15) is 5.10 Å². The SMILES string of the molecule is N=C(N)NCCc1ccc(NC(=O)c2cc(C(=O)Nc3ccc(CCNC(=N)N)cc3)[nH]n2)cc1. The molecule has 35 heavy (non-hydrogen) atoms. The number of guanidine groups is 2. The fourth-order valence-corrected chi connectivity index (χ4v) is 3.14. The fourth-order valence-electron chi connectivity index (χ4n) is 3.14. The van der Waals surface area contributed by atoms with Gasteiger partial charge in [0.15, 0.2) is 17.6 Å². The molecule has 0 spiro atoms. The van der Waals surface area contributed by atoms with Crippen LogP contribution in [0.2, 0.25) is 0 Å². The Kier molecular flexibility index (Phi) is 8.38. The number of hydrogen-bond donors (Lipinski definition) is 9. The first-order valence-electron chi connectivity index (χ1n) is 10.8. The van der Waals surface area contributed by atoms with Crippen molar-refractivity contribution in [3.05, 3.63) is 77.1 Å². The Balaban J connectivity index is 1.50. The van der Waals surface area contributed by atoms with E-state index in [1.165, 1.54) is 6.07 Å². The number of nitrogens with one attached hydrogen (secondary N) is 7. The number of H-pyrrole nitrogens is 1. The third-order valence-corrected chi connectivity index (χ3v) is 4.94. The smallest absolute Gasteiger partial charge is 0.276 e. The van der Waals surface area contributed by atoms with Crippen molar-refractivity contribution >= 4 is 35.1 Å². The second kappa shape index (κ2) is 11.8. The van der Waals surface area contributed by atoms with E-state index in [9.17, 15) is 9.59 Å². The highest BCUT2D eigenvalue weighted by Gasteiger charge is 2.15. The third kappa shape index (κ3) is 7.89. The first-order valence-corrected chi connectivity index (χ1v) is 10.8. The van der Waals surface area contributed by atoms with Gasteiger partial charge in [-0.3, -0.25) is 25.5 Å². The van der Waals surface area contributed by atoms with Gasteiger partial charge in [-0.1, -0.05) is 24.3 Å². The van der Waals surface area contributed by atoms with Crippen LogP contribution in [0.15, 0.2) is 54.6 Å². The molecule has 0 bridgehead atoms. The van der Waals surface area contributed by atoms with Crippen molar-refractivity contribution in [2.24, 2.45) is 11.5 Å². The molecule has 0 saturated heterocycles. The van der Waals surface area contributed by atoms with Gasteiger partial charge < -0.3 is 32.7 Å². The maximum Gasteiger partial charge on any atom is 0.276 e. The first-order chi connectivity index (χ1) is 16.8. The summed E-state index contributed by atoms with van der Waals surface area (Å²) in [6.07, 6.45) is 1.37. The third-order valence-electron chi connectivity index (χ3n) is 4.94. The molecule has 1 heterocycles. The summed E-state index contributed by atoms with van der Waals surface area (Å²) >= 11 is 0. The highest BCUT2D eigenvalue weighted by Crippen LogP contribution is 2.14. The molecule has 0 aliphatic heterocycles. The van der Waals surface area contributed by atoms with E-state index in [4.69, 9.17) is 22.3 Å². The van der Waals surface area contributed by atoms with Crippen molar-refractivity contribution in [3.8, 4) is 0 Å². The molecule has 1 aromatic heterocycles. The molecule has 0 fully saturated rings. The van der Waals surface area contributed by atoms with Gasteiger partial charge in [-0.05, 0) is 48.2 Å². The van der Waals surface area contributed by atoms with E-state index in [-0.39, 0.29) is 23.3 Å². The molecule has 0 aliphatic rings. The van der Waals surface area contributed by atoms with Crippen LogP contribution in [0.4, 0.5) is 11.4 Å². The van der Waals surface area contributed by atoms with E-state index < -0.39 is 11.8 Å². The van der Waals surface area contributed by atoms with Crippen LogP contribution in [-0.2, 0) is 12.8 Å². The number of rotatable bonds is 10. The van der Waals surface area contributed by atoms with Crippen LogP contribution in [0.1, 0.15) is 32.1 Å². The molecule has 0 unspecified atom stereocenters. The number of benzene rings is 2. The maximum atomic E-state index is 12.5. The standard InChI is InChI=1S/C23H28N10O2/c24-22(25)28-11-9-14-1-5-16(6-2-14)30-20(34)18-13-19(33-32-18)21(35)31-17-7-3-15(4-8-17)10-12-29-23(26)27/h1-8,13H,9-12H2,(H,30,34)(H,31,35)(H,32,33)(H4,24,25,28)(H4,26,27,29). The lowest BCUT2D eigenvalue weighted by Gasteiger charge is -2.07. The van der Waals surface area contributed by atoms with Crippen molar-refractivity contribution in [2.75, 3.05) is 23.7 Å². The van der Waals surface area contributed by atoms with E-state index in [2.05, 4.69) is 31.5 Å². The largest absolute Gasteiger partial charge is 0.370 e. The molecule has 2 aromatic carbocycles. The molecule has 12 heteroatoms. The highest BCUT2D eigenvalue weighted by molar-refractivity contribution is 6.07. The van der Waals surface area contributed by atoms with E-state index in [0.717, 1.165) is 11.1 Å². The Morgan fingerprint density at radius 2 is 1.23 bits per heavy atom. The van der Waals surface area contributed by atoms with Gasteiger partial charge in [0.05, 0.1) is 0 Å². The number of hydrogen-bond acceptors (Lipinski definition) is 5. The summed E-state index contributed by atoms with van der Waals surface area (Å²) in [4.78, 5) is 25.0. The number of amides is 2. The quantitative estimate of drug-likeness (QED) is 0.153. The van der Waals surface area contributed by atoms with Gasteiger partial charge in [-0.15, -0.1) is 0 Å². The zero-order chi connectivity index (χ0) is 25.2. The summed E-state index contributed by atoms with van der Waals surface area (Å²) in [5.41, 5.74) is 14.0. The molecular formula is C23H28N10O2. The van der Waals surface area contributed by atoms with Crippen LogP contribution in [0.5, 0.6) is 0 Å². The number of aromatic amines is 1. The summed E-state index contributed by atoms with van der Waals surface area (Å²) in [6, 6.07) is 15.9. The molecular weight excluding hydrogens is 448 g/mol. The van der Waals surface area contributed by atoms with Crippen molar-refractivity contribution in [1.29, 1.82) is 10.8 Å². The van der Waals surface area contributed by atoms with Crippen LogP contribution in [0, 0.1) is 10.8 Å². The summed E-state index contributed by atoms with van der Waals surface area (Å²) in [5, 5.41) is 31.8. The number of aromatic nitrogens is 2. The predicted molar refractivity (Wildman–Crippen MR) is 135 cm³/mol. The average molecular weight is 477 g/mol. The van der Waals surface area contributed by atoms with E-state index in [1.54, 1.807) is 24.3 Å². The minimum Gasteiger partial charge on any atom is -0.370 e. The van der Waals surface area contributed by atoms with Crippen LogP contribution >= 0.6 is 0 Å². The molecule has 12 nitrogen and oxygen atoms in total. The summed E-state index contributed by atoms with van der Waals surface area (Å²) in [5.74, 6) is -1.02. The van der Waals surface area contributed by atoms with Crippen molar-refractivity contribution in [3.63, 3.8) is 0 Å². The van der Waals surface area contributed by atoms with Gasteiger partial charge in [0.1, 0.15) is 5.69 Å². The Morgan fingerprint density at radius 1 is 0.771 bits per heavy atom. The highest BCUT2D eigenvalue weighted by atomic mass is 16.2. The van der Waals surface area contributed by atoms with Crippen LogP contribution < -0.4 is 32.7 Å². The van der Waals surface area contributed by atoms with Gasteiger partial charge in [0, 0.05) is 30.5 Å². The lowest BCUT2D eigenvalue weighted by atomic mass is 10.1. The lowest BCUT2D eigenvalue weighted by Crippen LogP contribution is -2.31. The summed E-state index contributed by atoms with van der Waals surface area (Å²) in [6.45, 7) is 1.09. The minimum absolute atomic E-state index is 0.0744. The molecule has 0 radical (unpaired) electrons. The summed E-state index contributed by atoms with van der Waals surface area (Å²) < 4.78 is 0. The Labute approximate surface area is 201 Å². The van der Waals surface area contributed by atoms with Crippen LogP contribution in [-0.4, -0.2) is 47.0 Å². The monoisotopic (exact) mass is 476 g/mol. The lowest BCUT2D eigenvalue weighted by molar-refractivity contribution is 0.101. The fraction of sp³-hybridized carbons (Fsp3) is 0.174. The van der Waals surface area contributed by atoms with Crippen LogP contribution in [0.25, 0.3) is 0 Å². The van der Waals surface area contributed by atoms with Crippen molar-refractivity contribution in [2.45, 2.75) is 12.8 Å². The van der Waals surface area contributed by atoms with E-state index in [1.807, 2.05) is 24.3 Å². The molecule has 3 rings (SSSR count). The molecule has 2 amide bonds. The zero-order valence-corrected chi connectivity index (χ0v) is 18.9. The Bertz CT molecular complexity index is 1090. The number of nitrogens with zero attached hydrogens (tertiary/aromatic N) is 1. The molecule has 0 saturated carbocycles. The minimum atomic E-state index is -0.449. The molecule has 0 atom stereocenters. The van der Waals surface area contributed by atoms with Gasteiger partial charge in [-0.25, -0.2) is 0 Å². The normalized spacial score (nSPS) is 10.3. The molecule has 11 N–H and O–H groups in total. The van der Waals surface area contributed by atoms with Gasteiger partial charge in [0.25, 0.3) is 11.8 Å². The number of carbonyl (C=O) groups excluding carboxylic acids is 2. The topological polar surface area (TPSA) is 211 Å². The van der Waals surface area contributed by atoms with Gasteiger partial charge >= 0.3 is 0 Å².